The summed E-state index contributed by atoms with van der Waals surface area (Å²) in [5.41, 5.74) is 0.945. The summed E-state index contributed by atoms with van der Waals surface area (Å²) in [4.78, 5) is 32.1. The minimum Gasteiger partial charge on any atom is -0.355 e. The molecule has 0 atom stereocenters. The molecule has 1 saturated heterocycles. The van der Waals surface area contributed by atoms with Gasteiger partial charge in [0.1, 0.15) is 0 Å². The Kier molecular flexibility index (Phi) is 6.77. The van der Waals surface area contributed by atoms with Crippen molar-refractivity contribution in [3.8, 4) is 0 Å². The molecule has 0 spiro atoms. The number of amides is 2. The first kappa shape index (κ1) is 18.6. The summed E-state index contributed by atoms with van der Waals surface area (Å²) in [7, 11) is 0. The van der Waals surface area contributed by atoms with Crippen LogP contribution in [0.4, 0.5) is 0 Å². The lowest BCUT2D eigenvalue weighted by Gasteiger charge is -2.31. The fraction of sp³-hybridized carbons (Fsp3) is 0.450. The Hall–Kier alpha value is -2.21. The van der Waals surface area contributed by atoms with Crippen molar-refractivity contribution >= 4 is 23.2 Å². The smallest absolute Gasteiger partial charge is 0.223 e. The molecule has 1 aliphatic heterocycles. The Bertz CT molecular complexity index is 695. The van der Waals surface area contributed by atoms with Crippen molar-refractivity contribution in [1.29, 1.82) is 0 Å². The highest BCUT2D eigenvalue weighted by Gasteiger charge is 2.26. The number of likely N-dealkylation sites (tertiary alicyclic amines) is 1. The van der Waals surface area contributed by atoms with Crippen LogP contribution in [0.3, 0.4) is 0 Å². The van der Waals surface area contributed by atoms with Crippen LogP contribution in [-0.2, 0) is 22.4 Å². The average Bonchev–Trinajstić information content (AvgIpc) is 3.20. The molecular formula is C20H25N3O2S. The molecule has 0 bridgehead atoms. The topological polar surface area (TPSA) is 62.3 Å². The zero-order chi connectivity index (χ0) is 18.2. The van der Waals surface area contributed by atoms with Crippen molar-refractivity contribution in [3.63, 3.8) is 0 Å². The van der Waals surface area contributed by atoms with E-state index in [0.717, 1.165) is 25.0 Å². The van der Waals surface area contributed by atoms with Gasteiger partial charge in [0.05, 0.1) is 0 Å². The Balaban J connectivity index is 1.35. The summed E-state index contributed by atoms with van der Waals surface area (Å²) in [6, 6.07) is 9.88. The molecule has 2 amide bonds. The molecular weight excluding hydrogens is 346 g/mol. The molecule has 0 unspecified atom stereocenters. The number of carbonyl (C=O) groups excluding carboxylic acids is 2. The van der Waals surface area contributed by atoms with Crippen LogP contribution in [0.2, 0.25) is 0 Å². The minimum atomic E-state index is 0.0261. The SMILES string of the molecule is O=C(NCCc1cccs1)C1CCN(C(=O)CCc2ccccn2)CC1. The van der Waals surface area contributed by atoms with Gasteiger partial charge in [0.15, 0.2) is 0 Å². The Morgan fingerprint density at radius 1 is 1.15 bits per heavy atom. The number of thiophene rings is 1. The number of aryl methyl sites for hydroxylation is 1. The van der Waals surface area contributed by atoms with Gasteiger partial charge in [-0.15, -0.1) is 11.3 Å². The first-order valence-electron chi connectivity index (χ1n) is 9.20. The number of nitrogens with zero attached hydrogens (tertiary/aromatic N) is 2. The summed E-state index contributed by atoms with van der Waals surface area (Å²) >= 11 is 1.72. The maximum Gasteiger partial charge on any atom is 0.223 e. The van der Waals surface area contributed by atoms with E-state index in [1.165, 1.54) is 4.88 Å². The van der Waals surface area contributed by atoms with Gasteiger partial charge in [0.2, 0.25) is 11.8 Å². The number of carbonyl (C=O) groups is 2. The largest absolute Gasteiger partial charge is 0.355 e. The van der Waals surface area contributed by atoms with Crippen molar-refractivity contribution in [1.82, 2.24) is 15.2 Å². The molecule has 6 heteroatoms. The van der Waals surface area contributed by atoms with Crippen LogP contribution in [0, 0.1) is 5.92 Å². The number of hydrogen-bond donors (Lipinski definition) is 1. The van der Waals surface area contributed by atoms with Crippen LogP contribution in [0.15, 0.2) is 41.9 Å². The van der Waals surface area contributed by atoms with Crippen LogP contribution in [0.1, 0.15) is 29.8 Å². The van der Waals surface area contributed by atoms with Gasteiger partial charge in [0, 0.05) is 48.7 Å². The number of piperidine rings is 1. The Labute approximate surface area is 158 Å². The van der Waals surface area contributed by atoms with E-state index in [1.54, 1.807) is 17.5 Å². The van der Waals surface area contributed by atoms with E-state index in [1.807, 2.05) is 29.2 Å². The zero-order valence-corrected chi connectivity index (χ0v) is 15.7. The summed E-state index contributed by atoms with van der Waals surface area (Å²) in [5.74, 6) is 0.313. The quantitative estimate of drug-likeness (QED) is 0.814. The van der Waals surface area contributed by atoms with Gasteiger partial charge in [-0.25, -0.2) is 0 Å². The van der Waals surface area contributed by atoms with E-state index < -0.39 is 0 Å². The third-order valence-electron chi connectivity index (χ3n) is 4.79. The average molecular weight is 372 g/mol. The molecule has 26 heavy (non-hydrogen) atoms. The lowest BCUT2D eigenvalue weighted by molar-refractivity contribution is -0.135. The number of aromatic nitrogens is 1. The van der Waals surface area contributed by atoms with E-state index in [4.69, 9.17) is 0 Å². The molecule has 1 fully saturated rings. The highest BCUT2D eigenvalue weighted by atomic mass is 32.1. The normalized spacial score (nSPS) is 15.0. The van der Waals surface area contributed by atoms with Crippen molar-refractivity contribution < 1.29 is 9.59 Å². The fourth-order valence-corrected chi connectivity index (χ4v) is 3.95. The molecule has 0 saturated carbocycles. The van der Waals surface area contributed by atoms with E-state index >= 15 is 0 Å². The van der Waals surface area contributed by atoms with Gasteiger partial charge in [-0.1, -0.05) is 12.1 Å². The van der Waals surface area contributed by atoms with Gasteiger partial charge in [-0.2, -0.15) is 0 Å². The molecule has 1 N–H and O–H groups in total. The molecule has 5 nitrogen and oxygen atoms in total. The molecule has 1 aliphatic rings. The zero-order valence-electron chi connectivity index (χ0n) is 14.9. The van der Waals surface area contributed by atoms with Crippen LogP contribution in [-0.4, -0.2) is 41.3 Å². The Morgan fingerprint density at radius 2 is 2.00 bits per heavy atom. The van der Waals surface area contributed by atoms with Gasteiger partial charge >= 0.3 is 0 Å². The number of pyridine rings is 1. The third kappa shape index (κ3) is 5.39. The van der Waals surface area contributed by atoms with Crippen LogP contribution >= 0.6 is 11.3 Å². The Morgan fingerprint density at radius 3 is 2.69 bits per heavy atom. The van der Waals surface area contributed by atoms with E-state index in [-0.39, 0.29) is 17.7 Å². The molecule has 2 aromatic heterocycles. The highest BCUT2D eigenvalue weighted by molar-refractivity contribution is 7.09. The number of hydrogen-bond acceptors (Lipinski definition) is 4. The standard InChI is InChI=1S/C20H25N3O2S/c24-19(7-6-17-4-1-2-11-21-17)23-13-9-16(10-14-23)20(25)22-12-8-18-5-3-15-26-18/h1-5,11,15-16H,6-10,12-14H2,(H,22,25). The monoisotopic (exact) mass is 371 g/mol. The molecule has 3 rings (SSSR count). The molecule has 0 aliphatic carbocycles. The van der Waals surface area contributed by atoms with Crippen molar-refractivity contribution in [3.05, 3.63) is 52.5 Å². The van der Waals surface area contributed by atoms with Gasteiger partial charge in [-0.05, 0) is 49.3 Å². The lowest BCUT2D eigenvalue weighted by atomic mass is 9.95. The summed E-state index contributed by atoms with van der Waals surface area (Å²) in [6.45, 7) is 2.02. The van der Waals surface area contributed by atoms with E-state index in [2.05, 4.69) is 21.7 Å². The predicted molar refractivity (Wildman–Crippen MR) is 103 cm³/mol. The van der Waals surface area contributed by atoms with Gasteiger partial charge < -0.3 is 10.2 Å². The van der Waals surface area contributed by atoms with Crippen molar-refractivity contribution in [2.75, 3.05) is 19.6 Å². The summed E-state index contributed by atoms with van der Waals surface area (Å²) < 4.78 is 0. The highest BCUT2D eigenvalue weighted by Crippen LogP contribution is 2.18. The number of nitrogens with one attached hydrogen (secondary N) is 1. The second-order valence-corrected chi connectivity index (χ2v) is 7.63. The van der Waals surface area contributed by atoms with Crippen molar-refractivity contribution in [2.45, 2.75) is 32.1 Å². The summed E-state index contributed by atoms with van der Waals surface area (Å²) in [5, 5.41) is 5.09. The van der Waals surface area contributed by atoms with E-state index in [0.29, 0.717) is 32.5 Å². The van der Waals surface area contributed by atoms with Crippen LogP contribution < -0.4 is 5.32 Å². The van der Waals surface area contributed by atoms with Crippen LogP contribution in [0.25, 0.3) is 0 Å². The first-order valence-corrected chi connectivity index (χ1v) is 10.1. The van der Waals surface area contributed by atoms with E-state index in [9.17, 15) is 9.59 Å². The second kappa shape index (κ2) is 9.48. The third-order valence-corrected chi connectivity index (χ3v) is 5.73. The predicted octanol–water partition coefficient (Wildman–Crippen LogP) is 2.67. The van der Waals surface area contributed by atoms with Crippen LogP contribution in [0.5, 0.6) is 0 Å². The van der Waals surface area contributed by atoms with Crippen molar-refractivity contribution in [2.24, 2.45) is 5.92 Å². The fourth-order valence-electron chi connectivity index (χ4n) is 3.24. The molecule has 0 aromatic carbocycles. The summed E-state index contributed by atoms with van der Waals surface area (Å²) in [6.07, 6.45) is 5.29. The maximum absolute atomic E-state index is 12.4. The van der Waals surface area contributed by atoms with Gasteiger partial charge in [-0.3, -0.25) is 14.6 Å². The first-order chi connectivity index (χ1) is 12.7. The number of rotatable bonds is 7. The lowest BCUT2D eigenvalue weighted by Crippen LogP contribution is -2.43. The second-order valence-electron chi connectivity index (χ2n) is 6.60. The maximum atomic E-state index is 12.4. The molecule has 0 radical (unpaired) electrons. The molecule has 2 aromatic rings. The molecule has 3 heterocycles. The molecule has 138 valence electrons. The van der Waals surface area contributed by atoms with Gasteiger partial charge in [0.25, 0.3) is 0 Å². The minimum absolute atomic E-state index is 0.0261.